The molecule has 0 atom stereocenters. The Balaban J connectivity index is 1.68. The molecular formula is C20H17F2NO2S. The minimum Gasteiger partial charge on any atom is -0.467 e. The second kappa shape index (κ2) is 8.67. The Morgan fingerprint density at radius 2 is 1.54 bits per heavy atom. The summed E-state index contributed by atoms with van der Waals surface area (Å²) in [4.78, 5) is 12.1. The van der Waals surface area contributed by atoms with Crippen molar-refractivity contribution >= 4 is 17.7 Å². The molecule has 0 radical (unpaired) electrons. The normalized spacial score (nSPS) is 10.9. The molecule has 134 valence electrons. The van der Waals surface area contributed by atoms with Gasteiger partial charge in [0.1, 0.15) is 17.4 Å². The van der Waals surface area contributed by atoms with Crippen LogP contribution in [0.4, 0.5) is 8.78 Å². The van der Waals surface area contributed by atoms with Crippen molar-refractivity contribution in [3.05, 3.63) is 95.4 Å². The Kier molecular flexibility index (Phi) is 6.07. The van der Waals surface area contributed by atoms with Gasteiger partial charge < -0.3 is 9.73 Å². The summed E-state index contributed by atoms with van der Waals surface area (Å²) in [7, 11) is 0. The van der Waals surface area contributed by atoms with Crippen LogP contribution >= 0.6 is 11.8 Å². The van der Waals surface area contributed by atoms with E-state index in [-0.39, 0.29) is 28.5 Å². The van der Waals surface area contributed by atoms with Crippen LogP contribution in [-0.2, 0) is 11.3 Å². The molecule has 0 fully saturated rings. The number of thioether (sulfide) groups is 1. The van der Waals surface area contributed by atoms with Crippen LogP contribution in [0.3, 0.4) is 0 Å². The van der Waals surface area contributed by atoms with Gasteiger partial charge in [0.2, 0.25) is 5.91 Å². The van der Waals surface area contributed by atoms with Gasteiger partial charge in [-0.05, 0) is 47.5 Å². The quantitative estimate of drug-likeness (QED) is 0.653. The third-order valence-corrected chi connectivity index (χ3v) is 5.07. The minimum atomic E-state index is -0.326. The fourth-order valence-electron chi connectivity index (χ4n) is 2.47. The molecule has 0 bridgehead atoms. The van der Waals surface area contributed by atoms with Gasteiger partial charge in [0.15, 0.2) is 0 Å². The highest BCUT2D eigenvalue weighted by atomic mass is 32.2. The topological polar surface area (TPSA) is 42.2 Å². The molecule has 26 heavy (non-hydrogen) atoms. The monoisotopic (exact) mass is 373 g/mol. The van der Waals surface area contributed by atoms with Crippen LogP contribution in [-0.4, -0.2) is 11.7 Å². The van der Waals surface area contributed by atoms with Crippen LogP contribution in [0.1, 0.15) is 22.1 Å². The molecule has 2 aromatic carbocycles. The van der Waals surface area contributed by atoms with Gasteiger partial charge in [0.25, 0.3) is 0 Å². The lowest BCUT2D eigenvalue weighted by molar-refractivity contribution is -0.118. The number of rotatable bonds is 7. The lowest BCUT2D eigenvalue weighted by Gasteiger charge is -2.17. The van der Waals surface area contributed by atoms with Gasteiger partial charge in [0, 0.05) is 0 Å². The van der Waals surface area contributed by atoms with E-state index >= 15 is 0 Å². The van der Waals surface area contributed by atoms with Crippen molar-refractivity contribution in [1.29, 1.82) is 0 Å². The predicted molar refractivity (Wildman–Crippen MR) is 97.7 cm³/mol. The van der Waals surface area contributed by atoms with Crippen molar-refractivity contribution in [1.82, 2.24) is 5.32 Å². The van der Waals surface area contributed by atoms with E-state index in [9.17, 15) is 13.6 Å². The van der Waals surface area contributed by atoms with E-state index in [1.165, 1.54) is 36.0 Å². The molecule has 1 N–H and O–H groups in total. The van der Waals surface area contributed by atoms with E-state index in [4.69, 9.17) is 4.42 Å². The highest BCUT2D eigenvalue weighted by Crippen LogP contribution is 2.35. The van der Waals surface area contributed by atoms with E-state index < -0.39 is 0 Å². The summed E-state index contributed by atoms with van der Waals surface area (Å²) < 4.78 is 31.6. The number of furan rings is 1. The lowest BCUT2D eigenvalue weighted by Crippen LogP contribution is -2.24. The van der Waals surface area contributed by atoms with Crippen molar-refractivity contribution < 1.29 is 18.0 Å². The zero-order valence-corrected chi connectivity index (χ0v) is 14.6. The van der Waals surface area contributed by atoms with Crippen molar-refractivity contribution in [2.24, 2.45) is 0 Å². The predicted octanol–water partition coefficient (Wildman–Crippen LogP) is 4.70. The second-order valence-electron chi connectivity index (χ2n) is 5.65. The molecule has 3 rings (SSSR count). The van der Waals surface area contributed by atoms with E-state index in [2.05, 4.69) is 5.32 Å². The lowest BCUT2D eigenvalue weighted by atomic mass is 10.0. The summed E-state index contributed by atoms with van der Waals surface area (Å²) in [5.41, 5.74) is 1.70. The fraction of sp³-hybridized carbons (Fsp3) is 0.150. The Morgan fingerprint density at radius 3 is 2.04 bits per heavy atom. The minimum absolute atomic E-state index is 0.138. The second-order valence-corrected chi connectivity index (χ2v) is 6.74. The van der Waals surface area contributed by atoms with Crippen LogP contribution in [0.2, 0.25) is 0 Å². The molecule has 0 saturated heterocycles. The number of halogens is 2. The standard InChI is InChI=1S/C20H17F2NO2S/c21-16-7-3-14(4-8-16)20(15-5-9-17(22)10-6-15)26-13-19(24)23-12-18-2-1-11-25-18/h1-11,20H,12-13H2,(H,23,24). The number of nitrogens with one attached hydrogen (secondary N) is 1. The molecule has 0 aliphatic heterocycles. The zero-order valence-electron chi connectivity index (χ0n) is 13.8. The third-order valence-electron chi connectivity index (χ3n) is 3.77. The van der Waals surface area contributed by atoms with Crippen molar-refractivity contribution in [3.63, 3.8) is 0 Å². The summed E-state index contributed by atoms with van der Waals surface area (Å²) in [5, 5.41) is 2.58. The molecule has 0 unspecified atom stereocenters. The molecule has 0 aliphatic rings. The van der Waals surface area contributed by atoms with E-state index in [0.717, 1.165) is 11.1 Å². The van der Waals surface area contributed by atoms with Crippen LogP contribution in [0.15, 0.2) is 71.3 Å². The van der Waals surface area contributed by atoms with E-state index in [0.29, 0.717) is 12.3 Å². The van der Waals surface area contributed by atoms with Gasteiger partial charge in [0.05, 0.1) is 23.8 Å². The maximum atomic E-state index is 13.2. The van der Waals surface area contributed by atoms with Crippen molar-refractivity contribution in [2.75, 3.05) is 5.75 Å². The van der Waals surface area contributed by atoms with Gasteiger partial charge >= 0.3 is 0 Å². The van der Waals surface area contributed by atoms with Gasteiger partial charge in [-0.2, -0.15) is 0 Å². The number of carbonyl (C=O) groups excluding carboxylic acids is 1. The number of benzene rings is 2. The molecule has 0 spiro atoms. The summed E-state index contributed by atoms with van der Waals surface area (Å²) in [5.74, 6) is 0.0957. The summed E-state index contributed by atoms with van der Waals surface area (Å²) in [6.07, 6.45) is 1.55. The van der Waals surface area contributed by atoms with Crippen LogP contribution < -0.4 is 5.32 Å². The Labute approximate surface area is 154 Å². The summed E-state index contributed by atoms with van der Waals surface area (Å²) in [6.45, 7) is 0.324. The molecule has 3 nitrogen and oxygen atoms in total. The number of hydrogen-bond acceptors (Lipinski definition) is 3. The third kappa shape index (κ3) is 4.95. The highest BCUT2D eigenvalue weighted by molar-refractivity contribution is 8.00. The first-order chi connectivity index (χ1) is 12.6. The Hall–Kier alpha value is -2.60. The maximum absolute atomic E-state index is 13.2. The first-order valence-corrected chi connectivity index (χ1v) is 9.08. The van der Waals surface area contributed by atoms with Crippen molar-refractivity contribution in [2.45, 2.75) is 11.8 Å². The average molecular weight is 373 g/mol. The molecule has 0 aliphatic carbocycles. The SMILES string of the molecule is O=C(CSC(c1ccc(F)cc1)c1ccc(F)cc1)NCc1ccco1. The molecule has 0 saturated carbocycles. The Bertz CT molecular complexity index is 788. The van der Waals surface area contributed by atoms with Gasteiger partial charge in [-0.15, -0.1) is 11.8 Å². The molecule has 6 heteroatoms. The summed E-state index contributed by atoms with van der Waals surface area (Å²) >= 11 is 1.40. The van der Waals surface area contributed by atoms with Gasteiger partial charge in [-0.1, -0.05) is 24.3 Å². The number of amides is 1. The van der Waals surface area contributed by atoms with Gasteiger partial charge in [-0.3, -0.25) is 4.79 Å². The molecule has 1 aromatic heterocycles. The number of hydrogen-bond donors (Lipinski definition) is 1. The highest BCUT2D eigenvalue weighted by Gasteiger charge is 2.17. The fourth-order valence-corrected chi connectivity index (χ4v) is 3.59. The van der Waals surface area contributed by atoms with Crippen LogP contribution in [0.5, 0.6) is 0 Å². The maximum Gasteiger partial charge on any atom is 0.230 e. The smallest absolute Gasteiger partial charge is 0.230 e. The Morgan fingerprint density at radius 1 is 0.962 bits per heavy atom. The molecule has 1 amide bonds. The van der Waals surface area contributed by atoms with E-state index in [1.54, 1.807) is 42.7 Å². The average Bonchev–Trinajstić information content (AvgIpc) is 3.16. The zero-order chi connectivity index (χ0) is 18.4. The first-order valence-electron chi connectivity index (χ1n) is 8.03. The first kappa shape index (κ1) is 18.2. The van der Waals surface area contributed by atoms with Crippen LogP contribution in [0.25, 0.3) is 0 Å². The molecule has 1 heterocycles. The largest absolute Gasteiger partial charge is 0.467 e. The molecular weight excluding hydrogens is 356 g/mol. The van der Waals surface area contributed by atoms with E-state index in [1.807, 2.05) is 0 Å². The van der Waals surface area contributed by atoms with Crippen LogP contribution in [0, 0.1) is 11.6 Å². The molecule has 3 aromatic rings. The van der Waals surface area contributed by atoms with Crippen molar-refractivity contribution in [3.8, 4) is 0 Å². The summed E-state index contributed by atoms with van der Waals surface area (Å²) in [6, 6.07) is 15.8. The number of carbonyl (C=O) groups is 1. The van der Waals surface area contributed by atoms with Gasteiger partial charge in [-0.25, -0.2) is 8.78 Å².